The van der Waals surface area contributed by atoms with Crippen LogP contribution in [-0.4, -0.2) is 42.3 Å². The van der Waals surface area contributed by atoms with Gasteiger partial charge in [0.1, 0.15) is 0 Å². The highest BCUT2D eigenvalue weighted by molar-refractivity contribution is 5.81. The van der Waals surface area contributed by atoms with Gasteiger partial charge < -0.3 is 21.5 Å². The van der Waals surface area contributed by atoms with Crippen LogP contribution in [0, 0.1) is 5.92 Å². The molecule has 0 bridgehead atoms. The second-order valence-electron chi connectivity index (χ2n) is 7.16. The fourth-order valence-corrected chi connectivity index (χ4v) is 2.60. The van der Waals surface area contributed by atoms with Gasteiger partial charge in [-0.1, -0.05) is 63.9 Å². The lowest BCUT2D eigenvalue weighted by atomic mass is 10.0. The number of benzene rings is 1. The summed E-state index contributed by atoms with van der Waals surface area (Å²) in [5.74, 6) is 0.423. The average molecular weight is 350 g/mol. The summed E-state index contributed by atoms with van der Waals surface area (Å²) in [5, 5.41) is 16.5. The van der Waals surface area contributed by atoms with Gasteiger partial charge in [0.2, 0.25) is 5.91 Å². The third kappa shape index (κ3) is 9.00. The summed E-state index contributed by atoms with van der Waals surface area (Å²) >= 11 is 0. The second-order valence-corrected chi connectivity index (χ2v) is 7.16. The normalized spacial score (nSPS) is 15.0. The average Bonchev–Trinajstić information content (AvgIpc) is 2.60. The summed E-state index contributed by atoms with van der Waals surface area (Å²) in [6.07, 6.45) is 2.69. The van der Waals surface area contributed by atoms with E-state index in [1.165, 1.54) is 0 Å². The molecule has 3 atom stereocenters. The van der Waals surface area contributed by atoms with Gasteiger partial charge in [0, 0.05) is 19.1 Å². The van der Waals surface area contributed by atoms with E-state index in [2.05, 4.69) is 31.4 Å². The van der Waals surface area contributed by atoms with Crippen LogP contribution < -0.4 is 16.4 Å². The van der Waals surface area contributed by atoms with E-state index in [4.69, 9.17) is 5.73 Å². The minimum Gasteiger partial charge on any atom is -0.390 e. The van der Waals surface area contributed by atoms with Crippen molar-refractivity contribution in [3.05, 3.63) is 35.9 Å². The van der Waals surface area contributed by atoms with Crippen LogP contribution in [0.5, 0.6) is 0 Å². The van der Waals surface area contributed by atoms with Crippen LogP contribution in [-0.2, 0) is 11.2 Å². The maximum absolute atomic E-state index is 12.3. The Morgan fingerprint density at radius 1 is 1.20 bits per heavy atom. The molecular weight excluding hydrogens is 314 g/mol. The van der Waals surface area contributed by atoms with Crippen LogP contribution in [0.2, 0.25) is 0 Å². The zero-order valence-corrected chi connectivity index (χ0v) is 15.9. The van der Waals surface area contributed by atoms with Gasteiger partial charge in [-0.3, -0.25) is 4.79 Å². The molecule has 1 aromatic carbocycles. The lowest BCUT2D eigenvalue weighted by Gasteiger charge is -2.24. The molecule has 0 aromatic heterocycles. The number of aliphatic hydroxyl groups is 1. The first kappa shape index (κ1) is 21.6. The molecule has 1 rings (SSSR count). The summed E-state index contributed by atoms with van der Waals surface area (Å²) in [7, 11) is 0. The quantitative estimate of drug-likeness (QED) is 0.464. The van der Waals surface area contributed by atoms with Crippen molar-refractivity contribution >= 4 is 5.91 Å². The Balaban J connectivity index is 2.48. The lowest BCUT2D eigenvalue weighted by molar-refractivity contribution is -0.123. The number of nitrogens with one attached hydrogen (secondary N) is 2. The summed E-state index contributed by atoms with van der Waals surface area (Å²) in [6.45, 7) is 7.23. The number of carbonyl (C=O) groups excluding carboxylic acids is 1. The van der Waals surface area contributed by atoms with E-state index < -0.39 is 6.10 Å². The van der Waals surface area contributed by atoms with Crippen LogP contribution in [0.4, 0.5) is 0 Å². The smallest absolute Gasteiger partial charge is 0.237 e. The minimum atomic E-state index is -0.692. The van der Waals surface area contributed by atoms with Gasteiger partial charge >= 0.3 is 0 Å². The highest BCUT2D eigenvalue weighted by Gasteiger charge is 2.21. The Morgan fingerprint density at radius 2 is 1.88 bits per heavy atom. The van der Waals surface area contributed by atoms with Crippen molar-refractivity contribution in [3.63, 3.8) is 0 Å². The van der Waals surface area contributed by atoms with Gasteiger partial charge in [-0.15, -0.1) is 0 Å². The van der Waals surface area contributed by atoms with Crippen molar-refractivity contribution in [2.24, 2.45) is 11.7 Å². The molecule has 1 aromatic rings. The molecule has 0 aliphatic rings. The zero-order chi connectivity index (χ0) is 18.7. The predicted octanol–water partition coefficient (Wildman–Crippen LogP) is 1.84. The number of rotatable bonds is 12. The number of unbranched alkanes of at least 4 members (excludes halogenated alkanes) is 1. The fourth-order valence-electron chi connectivity index (χ4n) is 2.60. The maximum Gasteiger partial charge on any atom is 0.237 e. The number of carbonyl (C=O) groups is 1. The van der Waals surface area contributed by atoms with Crippen molar-refractivity contribution in [1.29, 1.82) is 0 Å². The minimum absolute atomic E-state index is 0.00554. The van der Waals surface area contributed by atoms with Crippen LogP contribution >= 0.6 is 0 Å². The predicted molar refractivity (Wildman–Crippen MR) is 103 cm³/mol. The maximum atomic E-state index is 12.3. The molecule has 0 saturated carbocycles. The molecule has 0 heterocycles. The van der Waals surface area contributed by atoms with Crippen molar-refractivity contribution < 1.29 is 9.90 Å². The Morgan fingerprint density at radius 3 is 2.48 bits per heavy atom. The van der Waals surface area contributed by atoms with Crippen molar-refractivity contribution in [2.45, 2.75) is 64.6 Å². The van der Waals surface area contributed by atoms with Gasteiger partial charge in [0.15, 0.2) is 0 Å². The fraction of sp³-hybridized carbons (Fsp3) is 0.650. The second kappa shape index (κ2) is 12.0. The number of nitrogens with two attached hydrogens (primary N) is 1. The number of hydrogen-bond acceptors (Lipinski definition) is 4. The SMILES string of the molecule is CCCC[C@H](NCC(O)C(N)Cc1ccccc1)C(=O)NCC(C)C. The molecule has 25 heavy (non-hydrogen) atoms. The molecule has 0 aliphatic heterocycles. The molecular formula is C20H35N3O2. The van der Waals surface area contributed by atoms with Crippen LogP contribution in [0.1, 0.15) is 45.6 Å². The van der Waals surface area contributed by atoms with Crippen LogP contribution in [0.3, 0.4) is 0 Å². The number of aliphatic hydroxyl groups excluding tert-OH is 1. The largest absolute Gasteiger partial charge is 0.390 e. The van der Waals surface area contributed by atoms with Crippen molar-refractivity contribution in [1.82, 2.24) is 10.6 Å². The lowest BCUT2D eigenvalue weighted by Crippen LogP contribution is -2.50. The summed E-state index contributed by atoms with van der Waals surface area (Å²) in [4.78, 5) is 12.3. The highest BCUT2D eigenvalue weighted by atomic mass is 16.3. The summed E-state index contributed by atoms with van der Waals surface area (Å²) in [6, 6.07) is 9.25. The molecule has 5 heteroatoms. The molecule has 142 valence electrons. The number of hydrogen-bond donors (Lipinski definition) is 4. The Labute approximate surface area is 152 Å². The first-order valence-electron chi connectivity index (χ1n) is 9.42. The molecule has 0 spiro atoms. The first-order chi connectivity index (χ1) is 11.9. The van der Waals surface area contributed by atoms with Gasteiger partial charge in [-0.25, -0.2) is 0 Å². The zero-order valence-electron chi connectivity index (χ0n) is 15.9. The summed E-state index contributed by atoms with van der Waals surface area (Å²) in [5.41, 5.74) is 7.22. The van der Waals surface area contributed by atoms with E-state index in [-0.39, 0.29) is 18.0 Å². The third-order valence-electron chi connectivity index (χ3n) is 4.23. The van der Waals surface area contributed by atoms with E-state index in [0.29, 0.717) is 25.4 Å². The van der Waals surface area contributed by atoms with Gasteiger partial charge in [0.05, 0.1) is 12.1 Å². The van der Waals surface area contributed by atoms with Gasteiger partial charge in [0.25, 0.3) is 0 Å². The van der Waals surface area contributed by atoms with E-state index in [1.54, 1.807) is 0 Å². The topological polar surface area (TPSA) is 87.4 Å². The van der Waals surface area contributed by atoms with Gasteiger partial charge in [-0.2, -0.15) is 0 Å². The van der Waals surface area contributed by atoms with E-state index >= 15 is 0 Å². The molecule has 5 N–H and O–H groups in total. The first-order valence-corrected chi connectivity index (χ1v) is 9.42. The van der Waals surface area contributed by atoms with E-state index in [0.717, 1.165) is 24.8 Å². The van der Waals surface area contributed by atoms with Crippen LogP contribution in [0.25, 0.3) is 0 Å². The summed E-state index contributed by atoms with van der Waals surface area (Å²) < 4.78 is 0. The molecule has 0 fully saturated rings. The van der Waals surface area contributed by atoms with Crippen molar-refractivity contribution in [2.75, 3.05) is 13.1 Å². The standard InChI is InChI=1S/C20H35N3O2/c1-4-5-11-18(20(25)23-13-15(2)3)22-14-19(24)17(21)12-16-9-7-6-8-10-16/h6-10,15,17-19,22,24H,4-5,11-14,21H2,1-3H3,(H,23,25)/t17?,18-,19?/m0/s1. The highest BCUT2D eigenvalue weighted by Crippen LogP contribution is 2.06. The Hall–Kier alpha value is -1.43. The van der Waals surface area contributed by atoms with Crippen molar-refractivity contribution in [3.8, 4) is 0 Å². The molecule has 0 radical (unpaired) electrons. The van der Waals surface area contributed by atoms with E-state index in [9.17, 15) is 9.90 Å². The van der Waals surface area contributed by atoms with Gasteiger partial charge in [-0.05, 0) is 24.3 Å². The van der Waals surface area contributed by atoms with Crippen LogP contribution in [0.15, 0.2) is 30.3 Å². The monoisotopic (exact) mass is 349 g/mol. The molecule has 2 unspecified atom stereocenters. The molecule has 0 aliphatic carbocycles. The Bertz CT molecular complexity index is 479. The Kier molecular flexibility index (Phi) is 10.4. The molecule has 0 saturated heterocycles. The third-order valence-corrected chi connectivity index (χ3v) is 4.23. The number of amides is 1. The molecule has 5 nitrogen and oxygen atoms in total. The molecule has 1 amide bonds. The van der Waals surface area contributed by atoms with E-state index in [1.807, 2.05) is 30.3 Å².